The Morgan fingerprint density at radius 2 is 1.75 bits per heavy atom. The molecule has 1 atom stereocenters. The maximum absolute atomic E-state index is 10.4. The van der Waals surface area contributed by atoms with Crippen LogP contribution in [0.25, 0.3) is 0 Å². The molecule has 0 aliphatic carbocycles. The molecule has 1 unspecified atom stereocenters. The van der Waals surface area contributed by atoms with Crippen molar-refractivity contribution >= 4 is 5.97 Å². The minimum atomic E-state index is -1.02. The van der Waals surface area contributed by atoms with Gasteiger partial charge in [-0.15, -0.1) is 0 Å². The number of carboxylic acid groups (broad SMARTS) is 1. The predicted octanol–water partition coefficient (Wildman–Crippen LogP) is -6.25. The summed E-state index contributed by atoms with van der Waals surface area (Å²) in [6.45, 7) is 0. The van der Waals surface area contributed by atoms with Gasteiger partial charge in [-0.1, -0.05) is 12.1 Å². The van der Waals surface area contributed by atoms with E-state index in [0.29, 0.717) is 0 Å². The van der Waals surface area contributed by atoms with Crippen LogP contribution in [0, 0.1) is 0 Å². The molecule has 7 heteroatoms. The van der Waals surface area contributed by atoms with Gasteiger partial charge in [0.15, 0.2) is 0 Å². The Morgan fingerprint density at radius 1 is 1.31 bits per heavy atom. The van der Waals surface area contributed by atoms with Crippen molar-refractivity contribution in [3.8, 4) is 5.75 Å². The minimum Gasteiger partial charge on any atom is -1.00 e. The molecular formula is C9H15NNa2O4. The first-order valence-electron chi connectivity index (χ1n) is 3.86. The van der Waals surface area contributed by atoms with Gasteiger partial charge in [0.1, 0.15) is 11.8 Å². The quantitative estimate of drug-likeness (QED) is 0.461. The molecule has 0 heterocycles. The van der Waals surface area contributed by atoms with Crippen molar-refractivity contribution in [2.24, 2.45) is 5.73 Å². The van der Waals surface area contributed by atoms with E-state index in [0.717, 1.165) is 5.56 Å². The van der Waals surface area contributed by atoms with Gasteiger partial charge in [-0.05, 0) is 24.1 Å². The summed E-state index contributed by atoms with van der Waals surface area (Å²) in [5, 5.41) is 17.5. The van der Waals surface area contributed by atoms with Crippen molar-refractivity contribution in [2.75, 3.05) is 0 Å². The van der Waals surface area contributed by atoms with E-state index in [-0.39, 0.29) is 79.6 Å². The van der Waals surface area contributed by atoms with E-state index in [9.17, 15) is 4.79 Å². The van der Waals surface area contributed by atoms with Gasteiger partial charge < -0.3 is 24.3 Å². The maximum Gasteiger partial charge on any atom is 1.00 e. The number of aromatic hydroxyl groups is 1. The van der Waals surface area contributed by atoms with Crippen LogP contribution >= 0.6 is 0 Å². The number of nitrogens with two attached hydrogens (primary N) is 1. The summed E-state index contributed by atoms with van der Waals surface area (Å²) in [6, 6.07) is 5.42. The van der Waals surface area contributed by atoms with Crippen molar-refractivity contribution in [1.29, 1.82) is 0 Å². The normalized spacial score (nSPS) is 10.1. The van der Waals surface area contributed by atoms with Gasteiger partial charge in [0, 0.05) is 0 Å². The van der Waals surface area contributed by atoms with Crippen LogP contribution in [0.5, 0.6) is 5.75 Å². The predicted molar refractivity (Wildman–Crippen MR) is 53.3 cm³/mol. The number of hydrogen-bond donors (Lipinski definition) is 3. The van der Waals surface area contributed by atoms with Crippen LogP contribution in [-0.4, -0.2) is 27.7 Å². The first-order valence-corrected chi connectivity index (χ1v) is 3.86. The number of carbonyl (C=O) groups is 1. The Bertz CT molecular complexity index is 314. The Balaban J connectivity index is -0.000000113. The third kappa shape index (κ3) is 7.65. The van der Waals surface area contributed by atoms with E-state index in [1.165, 1.54) is 12.1 Å². The molecule has 0 spiro atoms. The third-order valence-corrected chi connectivity index (χ3v) is 1.71. The number of carboxylic acids is 1. The van der Waals surface area contributed by atoms with Gasteiger partial charge >= 0.3 is 65.1 Å². The first-order chi connectivity index (χ1) is 6.09. The number of phenolic OH excluding ortho intramolecular Hbond substituents is 1. The number of aliphatic carboxylic acids is 1. The zero-order valence-corrected chi connectivity index (χ0v) is 13.5. The van der Waals surface area contributed by atoms with E-state index >= 15 is 0 Å². The summed E-state index contributed by atoms with van der Waals surface area (Å²) in [4.78, 5) is 10.4. The first kappa shape index (κ1) is 21.7. The number of benzene rings is 1. The molecule has 0 bridgehead atoms. The minimum absolute atomic E-state index is 0. The van der Waals surface area contributed by atoms with Crippen molar-refractivity contribution in [3.63, 3.8) is 0 Å². The van der Waals surface area contributed by atoms with Crippen LogP contribution in [0.3, 0.4) is 0 Å². The molecule has 0 saturated carbocycles. The molecule has 16 heavy (non-hydrogen) atoms. The number of rotatable bonds is 3. The average molecular weight is 247 g/mol. The largest absolute Gasteiger partial charge is 1.00 e. The summed E-state index contributed by atoms with van der Waals surface area (Å²) in [6.07, 6.45) is 0.273. The van der Waals surface area contributed by atoms with Crippen molar-refractivity contribution in [3.05, 3.63) is 29.8 Å². The topological polar surface area (TPSA) is 115 Å². The Hall–Kier alpha value is 0.410. The van der Waals surface area contributed by atoms with Crippen LogP contribution < -0.4 is 64.8 Å². The number of phenols is 1. The molecule has 6 N–H and O–H groups in total. The Morgan fingerprint density at radius 3 is 2.12 bits per heavy atom. The van der Waals surface area contributed by atoms with Crippen LogP contribution in [-0.2, 0) is 11.2 Å². The van der Waals surface area contributed by atoms with Gasteiger partial charge in [-0.3, -0.25) is 4.79 Å². The fourth-order valence-corrected chi connectivity index (χ4v) is 0.973. The molecule has 82 valence electrons. The summed E-state index contributed by atoms with van der Waals surface area (Å²) in [7, 11) is 0. The second-order valence-electron chi connectivity index (χ2n) is 2.82. The SMILES string of the molecule is NC(Cc1ccc(O)cc1)C(=O)O.O.[H-].[H-].[Na+].[Na+]. The summed E-state index contributed by atoms with van der Waals surface area (Å²) < 4.78 is 0. The summed E-state index contributed by atoms with van der Waals surface area (Å²) in [5.74, 6) is -0.860. The molecule has 0 saturated heterocycles. The molecule has 0 fully saturated rings. The van der Waals surface area contributed by atoms with Crippen LogP contribution in [0.2, 0.25) is 0 Å². The van der Waals surface area contributed by atoms with Crippen LogP contribution in [0.4, 0.5) is 0 Å². The van der Waals surface area contributed by atoms with Crippen molar-refractivity contribution in [1.82, 2.24) is 0 Å². The Kier molecular flexibility index (Phi) is 14.3. The average Bonchev–Trinajstić information content (AvgIpc) is 2.08. The molecule has 5 nitrogen and oxygen atoms in total. The van der Waals surface area contributed by atoms with E-state index in [1.807, 2.05) is 0 Å². The van der Waals surface area contributed by atoms with Gasteiger partial charge in [0.05, 0.1) is 0 Å². The van der Waals surface area contributed by atoms with Gasteiger partial charge in [-0.25, -0.2) is 0 Å². The molecule has 0 amide bonds. The van der Waals surface area contributed by atoms with Crippen LogP contribution in [0.15, 0.2) is 24.3 Å². The van der Waals surface area contributed by atoms with Crippen LogP contribution in [0.1, 0.15) is 8.42 Å². The second-order valence-corrected chi connectivity index (χ2v) is 2.82. The molecule has 1 aromatic carbocycles. The molecular weight excluding hydrogens is 232 g/mol. The number of hydrogen-bond acceptors (Lipinski definition) is 3. The smallest absolute Gasteiger partial charge is 1.00 e. The molecule has 0 aromatic heterocycles. The van der Waals surface area contributed by atoms with Gasteiger partial charge in [0.2, 0.25) is 0 Å². The zero-order valence-electron chi connectivity index (χ0n) is 11.5. The van der Waals surface area contributed by atoms with Crippen molar-refractivity contribution < 1.29 is 82.5 Å². The summed E-state index contributed by atoms with van der Waals surface area (Å²) in [5.41, 5.74) is 6.12. The fourth-order valence-electron chi connectivity index (χ4n) is 0.973. The van der Waals surface area contributed by atoms with Gasteiger partial charge in [-0.2, -0.15) is 0 Å². The fraction of sp³-hybridized carbons (Fsp3) is 0.222. The maximum atomic E-state index is 10.4. The Labute approximate surface area is 141 Å². The van der Waals surface area contributed by atoms with E-state index in [4.69, 9.17) is 15.9 Å². The molecule has 0 aliphatic heterocycles. The summed E-state index contributed by atoms with van der Waals surface area (Å²) >= 11 is 0. The standard InChI is InChI=1S/C9H11NO3.2Na.H2O.2H/c10-8(9(12)13)5-6-1-3-7(11)4-2-6;;;;;/h1-4,8,11H,5,10H2,(H,12,13);;;1H2;;/q;2*+1;;2*-1. The van der Waals surface area contributed by atoms with E-state index < -0.39 is 12.0 Å². The van der Waals surface area contributed by atoms with Gasteiger partial charge in [0.25, 0.3) is 0 Å². The van der Waals surface area contributed by atoms with E-state index in [2.05, 4.69) is 0 Å². The molecule has 0 radical (unpaired) electrons. The zero-order chi connectivity index (χ0) is 9.84. The molecule has 1 rings (SSSR count). The van der Waals surface area contributed by atoms with Crippen molar-refractivity contribution in [2.45, 2.75) is 12.5 Å². The van der Waals surface area contributed by atoms with E-state index in [1.54, 1.807) is 12.1 Å². The monoisotopic (exact) mass is 247 g/mol. The third-order valence-electron chi connectivity index (χ3n) is 1.71. The second kappa shape index (κ2) is 10.6. The molecule has 0 aliphatic rings. The molecule has 1 aromatic rings.